The number of rotatable bonds is 6. The molecule has 1 aliphatic rings. The molecule has 0 bridgehead atoms. The molecule has 0 fully saturated rings. The Kier molecular flexibility index (Phi) is 5.31. The van der Waals surface area contributed by atoms with Gasteiger partial charge >= 0.3 is 0 Å². The van der Waals surface area contributed by atoms with Crippen LogP contribution < -0.4 is 15.4 Å². The first-order valence-electron chi connectivity index (χ1n) is 8.25. The molecule has 2 N–H and O–H groups in total. The van der Waals surface area contributed by atoms with Crippen LogP contribution >= 0.6 is 0 Å². The first-order chi connectivity index (χ1) is 12.6. The van der Waals surface area contributed by atoms with Crippen molar-refractivity contribution in [1.29, 1.82) is 0 Å². The van der Waals surface area contributed by atoms with Crippen molar-refractivity contribution in [3.05, 3.63) is 77.6 Å². The Morgan fingerprint density at radius 3 is 2.77 bits per heavy atom. The molecule has 0 aliphatic carbocycles. The van der Waals surface area contributed by atoms with Gasteiger partial charge in [0.25, 0.3) is 0 Å². The summed E-state index contributed by atoms with van der Waals surface area (Å²) in [6, 6.07) is 12.1. The summed E-state index contributed by atoms with van der Waals surface area (Å²) in [5.41, 5.74) is 1.86. The third kappa shape index (κ3) is 3.91. The van der Waals surface area contributed by atoms with E-state index in [1.165, 1.54) is 6.07 Å². The van der Waals surface area contributed by atoms with Gasteiger partial charge in [-0.05, 0) is 23.8 Å². The molecule has 0 saturated carbocycles. The van der Waals surface area contributed by atoms with E-state index in [2.05, 4.69) is 17.2 Å². The highest BCUT2D eigenvalue weighted by Crippen LogP contribution is 2.33. The minimum atomic E-state index is -0.432. The highest BCUT2D eigenvalue weighted by atomic mass is 19.1. The SMILES string of the molecule is C=CC(=O)NCc1ccc(CNC(=O)C2COc3ccccc32)c(F)c1. The Balaban J connectivity index is 1.59. The van der Waals surface area contributed by atoms with E-state index in [1.807, 2.05) is 24.3 Å². The fraction of sp³-hybridized carbons (Fsp3) is 0.200. The average molecular weight is 354 g/mol. The maximum atomic E-state index is 14.2. The van der Waals surface area contributed by atoms with E-state index in [0.717, 1.165) is 11.6 Å². The predicted molar refractivity (Wildman–Crippen MR) is 95.0 cm³/mol. The van der Waals surface area contributed by atoms with Crippen LogP contribution in [0.25, 0.3) is 0 Å². The third-order valence-corrected chi connectivity index (χ3v) is 4.24. The van der Waals surface area contributed by atoms with Crippen LogP contribution in [0, 0.1) is 5.82 Å². The number of fused-ring (bicyclic) bond motifs is 1. The Bertz CT molecular complexity index is 851. The molecule has 5 nitrogen and oxygen atoms in total. The number of carbonyl (C=O) groups excluding carboxylic acids is 2. The third-order valence-electron chi connectivity index (χ3n) is 4.24. The van der Waals surface area contributed by atoms with E-state index in [0.29, 0.717) is 16.9 Å². The topological polar surface area (TPSA) is 67.4 Å². The molecule has 6 heteroatoms. The van der Waals surface area contributed by atoms with Gasteiger partial charge in [0.2, 0.25) is 11.8 Å². The molecule has 0 aromatic heterocycles. The maximum absolute atomic E-state index is 14.2. The quantitative estimate of drug-likeness (QED) is 0.783. The minimum absolute atomic E-state index is 0.0859. The number of benzene rings is 2. The highest BCUT2D eigenvalue weighted by Gasteiger charge is 2.29. The molecular weight excluding hydrogens is 335 g/mol. The summed E-state index contributed by atoms with van der Waals surface area (Å²) in [5, 5.41) is 5.34. The van der Waals surface area contributed by atoms with Crippen LogP contribution in [0.5, 0.6) is 5.75 Å². The number of amides is 2. The molecule has 0 spiro atoms. The molecule has 0 radical (unpaired) electrons. The second kappa shape index (κ2) is 7.82. The first-order valence-corrected chi connectivity index (χ1v) is 8.25. The summed E-state index contributed by atoms with van der Waals surface area (Å²) in [4.78, 5) is 23.5. The lowest BCUT2D eigenvalue weighted by atomic mass is 10.0. The number of hydrogen-bond acceptors (Lipinski definition) is 3. The molecule has 2 aromatic carbocycles. The van der Waals surface area contributed by atoms with E-state index in [4.69, 9.17) is 4.74 Å². The summed E-state index contributed by atoms with van der Waals surface area (Å²) in [6.45, 7) is 3.94. The smallest absolute Gasteiger partial charge is 0.243 e. The fourth-order valence-corrected chi connectivity index (χ4v) is 2.79. The fourth-order valence-electron chi connectivity index (χ4n) is 2.79. The van der Waals surface area contributed by atoms with Crippen molar-refractivity contribution in [2.45, 2.75) is 19.0 Å². The summed E-state index contributed by atoms with van der Waals surface area (Å²) in [6.07, 6.45) is 1.16. The Morgan fingerprint density at radius 1 is 1.19 bits per heavy atom. The summed E-state index contributed by atoms with van der Waals surface area (Å²) >= 11 is 0. The number of para-hydroxylation sites is 1. The van der Waals surface area contributed by atoms with Crippen molar-refractivity contribution in [1.82, 2.24) is 10.6 Å². The van der Waals surface area contributed by atoms with Crippen LogP contribution in [0.2, 0.25) is 0 Å². The first kappa shape index (κ1) is 17.7. The van der Waals surface area contributed by atoms with E-state index >= 15 is 0 Å². The van der Waals surface area contributed by atoms with Crippen molar-refractivity contribution in [3.63, 3.8) is 0 Å². The summed E-state index contributed by atoms with van der Waals surface area (Å²) in [7, 11) is 0. The van der Waals surface area contributed by atoms with Crippen LogP contribution in [0.1, 0.15) is 22.6 Å². The Labute approximate surface area is 150 Å². The largest absolute Gasteiger partial charge is 0.492 e. The van der Waals surface area contributed by atoms with Gasteiger partial charge in [0.15, 0.2) is 0 Å². The molecule has 26 heavy (non-hydrogen) atoms. The van der Waals surface area contributed by atoms with Gasteiger partial charge in [-0.15, -0.1) is 0 Å². The van der Waals surface area contributed by atoms with Crippen LogP contribution in [0.3, 0.4) is 0 Å². The van der Waals surface area contributed by atoms with E-state index in [9.17, 15) is 14.0 Å². The lowest BCUT2D eigenvalue weighted by Gasteiger charge is -2.11. The monoisotopic (exact) mass is 354 g/mol. The summed E-state index contributed by atoms with van der Waals surface area (Å²) < 4.78 is 19.7. The molecule has 3 rings (SSSR count). The number of halogens is 1. The number of ether oxygens (including phenoxy) is 1. The van der Waals surface area contributed by atoms with Crippen LogP contribution in [-0.2, 0) is 22.7 Å². The number of hydrogen-bond donors (Lipinski definition) is 2. The minimum Gasteiger partial charge on any atom is -0.492 e. The molecule has 2 amide bonds. The Morgan fingerprint density at radius 2 is 2.00 bits per heavy atom. The summed E-state index contributed by atoms with van der Waals surface area (Å²) in [5.74, 6) is -0.622. The molecule has 0 saturated heterocycles. The number of nitrogens with one attached hydrogen (secondary N) is 2. The zero-order chi connectivity index (χ0) is 18.5. The lowest BCUT2D eigenvalue weighted by molar-refractivity contribution is -0.123. The second-order valence-corrected chi connectivity index (χ2v) is 5.97. The van der Waals surface area contributed by atoms with Crippen LogP contribution in [0.15, 0.2) is 55.1 Å². The van der Waals surface area contributed by atoms with Gasteiger partial charge in [0, 0.05) is 24.2 Å². The zero-order valence-electron chi connectivity index (χ0n) is 14.1. The second-order valence-electron chi connectivity index (χ2n) is 5.97. The van der Waals surface area contributed by atoms with Gasteiger partial charge < -0.3 is 15.4 Å². The Hall–Kier alpha value is -3.15. The van der Waals surface area contributed by atoms with Crippen molar-refractivity contribution >= 4 is 11.8 Å². The highest BCUT2D eigenvalue weighted by molar-refractivity contribution is 5.86. The van der Waals surface area contributed by atoms with Crippen LogP contribution in [-0.4, -0.2) is 18.4 Å². The van der Waals surface area contributed by atoms with Crippen molar-refractivity contribution < 1.29 is 18.7 Å². The average Bonchev–Trinajstić information content (AvgIpc) is 3.09. The van der Waals surface area contributed by atoms with Gasteiger partial charge in [0.1, 0.15) is 24.1 Å². The molecular formula is C20H19FN2O3. The predicted octanol–water partition coefficient (Wildman–Crippen LogP) is 2.42. The van der Waals surface area contributed by atoms with Crippen molar-refractivity contribution in [2.24, 2.45) is 0 Å². The molecule has 1 unspecified atom stereocenters. The molecule has 2 aromatic rings. The van der Waals surface area contributed by atoms with Gasteiger partial charge in [-0.25, -0.2) is 4.39 Å². The van der Waals surface area contributed by atoms with Crippen molar-refractivity contribution in [3.8, 4) is 5.75 Å². The van der Waals surface area contributed by atoms with Gasteiger partial charge in [-0.1, -0.05) is 36.9 Å². The van der Waals surface area contributed by atoms with E-state index in [1.54, 1.807) is 12.1 Å². The molecule has 1 atom stereocenters. The van der Waals surface area contributed by atoms with Gasteiger partial charge in [0.05, 0.1) is 0 Å². The van der Waals surface area contributed by atoms with E-state index in [-0.39, 0.29) is 37.4 Å². The molecule has 134 valence electrons. The molecule has 1 aliphatic heterocycles. The lowest BCUT2D eigenvalue weighted by Crippen LogP contribution is -2.30. The number of carbonyl (C=O) groups is 2. The normalized spacial score (nSPS) is 14.9. The standard InChI is InChI=1S/C20H19FN2O3/c1-2-19(24)22-10-13-7-8-14(17(21)9-13)11-23-20(25)16-12-26-18-6-4-3-5-15(16)18/h2-9,16H,1,10-12H2,(H,22,24)(H,23,25). The molecule has 1 heterocycles. The van der Waals surface area contributed by atoms with Crippen LogP contribution in [0.4, 0.5) is 4.39 Å². The zero-order valence-corrected chi connectivity index (χ0v) is 14.1. The van der Waals surface area contributed by atoms with Crippen molar-refractivity contribution in [2.75, 3.05) is 6.61 Å². The van der Waals surface area contributed by atoms with E-state index < -0.39 is 5.82 Å². The van der Waals surface area contributed by atoms with Gasteiger partial charge in [-0.2, -0.15) is 0 Å². The maximum Gasteiger partial charge on any atom is 0.243 e. The van der Waals surface area contributed by atoms with Gasteiger partial charge in [-0.3, -0.25) is 9.59 Å².